The molecule has 1 saturated heterocycles. The second kappa shape index (κ2) is 9.40. The molecule has 2 atom stereocenters. The summed E-state index contributed by atoms with van der Waals surface area (Å²) in [5.41, 5.74) is 0.489. The summed E-state index contributed by atoms with van der Waals surface area (Å²) in [5.74, 6) is -1.64. The Kier molecular flexibility index (Phi) is 7.19. The topological polar surface area (TPSA) is 96.5 Å². The number of hydrogen-bond donors (Lipinski definition) is 0. The van der Waals surface area contributed by atoms with E-state index in [4.69, 9.17) is 9.47 Å². The summed E-state index contributed by atoms with van der Waals surface area (Å²) in [4.78, 5) is 54.2. The fraction of sp³-hybridized carbons (Fsp3) is 0.500. The van der Waals surface area contributed by atoms with Crippen LogP contribution in [0.25, 0.3) is 0 Å². The van der Waals surface area contributed by atoms with Crippen LogP contribution in [0.15, 0.2) is 30.3 Å². The van der Waals surface area contributed by atoms with Crippen LogP contribution in [0.4, 0.5) is 10.5 Å². The van der Waals surface area contributed by atoms with Gasteiger partial charge in [0.05, 0.1) is 27.4 Å². The molecule has 0 aromatic heterocycles. The van der Waals surface area contributed by atoms with Gasteiger partial charge in [0.25, 0.3) is 0 Å². The first-order valence-corrected chi connectivity index (χ1v) is 9.29. The highest BCUT2D eigenvalue weighted by Crippen LogP contribution is 2.26. The van der Waals surface area contributed by atoms with Crippen LogP contribution in [-0.4, -0.2) is 73.2 Å². The number of hydrogen-bond acceptors (Lipinski definition) is 6. The third kappa shape index (κ3) is 4.67. The van der Waals surface area contributed by atoms with Crippen molar-refractivity contribution in [3.63, 3.8) is 0 Å². The van der Waals surface area contributed by atoms with Crippen LogP contribution < -0.4 is 4.90 Å². The van der Waals surface area contributed by atoms with Gasteiger partial charge in [-0.05, 0) is 18.1 Å². The molecule has 1 aliphatic heterocycles. The molecule has 0 saturated carbocycles. The van der Waals surface area contributed by atoms with E-state index in [9.17, 15) is 19.2 Å². The normalized spacial score (nSPS) is 17.1. The lowest BCUT2D eigenvalue weighted by molar-refractivity contribution is -0.151. The zero-order valence-corrected chi connectivity index (χ0v) is 17.3. The monoisotopic (exact) mass is 405 g/mol. The smallest absolute Gasteiger partial charge is 0.414 e. The molecule has 0 N–H and O–H groups in total. The van der Waals surface area contributed by atoms with Gasteiger partial charge in [-0.15, -0.1) is 0 Å². The van der Waals surface area contributed by atoms with E-state index in [0.29, 0.717) is 5.69 Å². The number of methoxy groups -OCH3 is 2. The number of para-hydroxylation sites is 1. The summed E-state index contributed by atoms with van der Waals surface area (Å²) in [6.45, 7) is 4.96. The Balaban J connectivity index is 2.46. The van der Waals surface area contributed by atoms with Crippen molar-refractivity contribution >= 4 is 29.6 Å². The van der Waals surface area contributed by atoms with E-state index >= 15 is 0 Å². The largest absolute Gasteiger partial charge is 0.467 e. The minimum absolute atomic E-state index is 0.0438. The van der Waals surface area contributed by atoms with Crippen molar-refractivity contribution in [2.75, 3.05) is 32.3 Å². The third-order valence-electron chi connectivity index (χ3n) is 4.86. The Bertz CT molecular complexity index is 767. The van der Waals surface area contributed by atoms with Crippen molar-refractivity contribution in [1.82, 2.24) is 9.80 Å². The molecule has 0 radical (unpaired) electrons. The van der Waals surface area contributed by atoms with Crippen LogP contribution in [-0.2, 0) is 23.9 Å². The number of rotatable bonds is 5. The first-order chi connectivity index (χ1) is 13.7. The number of carbonyl (C=O) groups is 4. The molecule has 0 bridgehead atoms. The summed E-state index contributed by atoms with van der Waals surface area (Å²) >= 11 is 0. The maximum Gasteiger partial charge on any atom is 0.414 e. The van der Waals surface area contributed by atoms with Gasteiger partial charge in [-0.3, -0.25) is 14.5 Å². The highest BCUT2D eigenvalue weighted by Gasteiger charge is 2.45. The number of ether oxygens (including phenoxy) is 2. The second-order valence-corrected chi connectivity index (χ2v) is 7.09. The minimum Gasteiger partial charge on any atom is -0.467 e. The Morgan fingerprint density at radius 3 is 2.17 bits per heavy atom. The number of anilines is 1. The molecule has 1 fully saturated rings. The number of nitrogens with zero attached hydrogens (tertiary/aromatic N) is 3. The molecule has 3 amide bonds. The van der Waals surface area contributed by atoms with Crippen molar-refractivity contribution in [1.29, 1.82) is 0 Å². The Labute approximate surface area is 170 Å². The standard InChI is InChI=1S/C20H27N3O6/c1-13(2)17(23(20(27)29-5)15-9-7-6-8-10-15)18(25)22-12-21(14(3)24)11-16(22)19(26)28-4/h6-10,13,16-17H,11-12H2,1-5H3. The fourth-order valence-corrected chi connectivity index (χ4v) is 3.37. The van der Waals surface area contributed by atoms with E-state index in [-0.39, 0.29) is 25.0 Å². The van der Waals surface area contributed by atoms with Crippen molar-refractivity contribution in [2.24, 2.45) is 5.92 Å². The molecule has 29 heavy (non-hydrogen) atoms. The Morgan fingerprint density at radius 2 is 1.69 bits per heavy atom. The van der Waals surface area contributed by atoms with Crippen molar-refractivity contribution in [2.45, 2.75) is 32.9 Å². The van der Waals surface area contributed by atoms with Gasteiger partial charge < -0.3 is 19.3 Å². The molecular weight excluding hydrogens is 378 g/mol. The first-order valence-electron chi connectivity index (χ1n) is 9.29. The molecular formula is C20H27N3O6. The van der Waals surface area contributed by atoms with Crippen molar-refractivity contribution in [3.05, 3.63) is 30.3 Å². The lowest BCUT2D eigenvalue weighted by Gasteiger charge is -2.35. The summed E-state index contributed by atoms with van der Waals surface area (Å²) in [6.07, 6.45) is -0.694. The quantitative estimate of drug-likeness (QED) is 0.689. The molecule has 9 nitrogen and oxygen atoms in total. The summed E-state index contributed by atoms with van der Waals surface area (Å²) in [5, 5.41) is 0. The molecule has 9 heteroatoms. The van der Waals surface area contributed by atoms with E-state index in [0.717, 1.165) is 0 Å². The number of amides is 3. The molecule has 1 aromatic carbocycles. The zero-order valence-electron chi connectivity index (χ0n) is 17.3. The molecule has 1 aliphatic rings. The maximum atomic E-state index is 13.6. The summed E-state index contributed by atoms with van der Waals surface area (Å²) in [7, 11) is 2.47. The Hall–Kier alpha value is -3.10. The number of carbonyl (C=O) groups excluding carboxylic acids is 4. The predicted octanol–water partition coefficient (Wildman–Crippen LogP) is 1.47. The van der Waals surface area contributed by atoms with E-state index in [1.807, 2.05) is 0 Å². The fourth-order valence-electron chi connectivity index (χ4n) is 3.37. The summed E-state index contributed by atoms with van der Waals surface area (Å²) in [6, 6.07) is 6.81. The molecule has 2 unspecified atom stereocenters. The van der Waals surface area contributed by atoms with Crippen LogP contribution in [0, 0.1) is 5.92 Å². The Morgan fingerprint density at radius 1 is 1.07 bits per heavy atom. The molecule has 1 aromatic rings. The maximum absolute atomic E-state index is 13.6. The average molecular weight is 405 g/mol. The molecule has 2 rings (SSSR count). The van der Waals surface area contributed by atoms with Gasteiger partial charge in [0.15, 0.2) is 0 Å². The first kappa shape index (κ1) is 22.2. The van der Waals surface area contributed by atoms with Crippen LogP contribution in [0.5, 0.6) is 0 Å². The highest BCUT2D eigenvalue weighted by atomic mass is 16.5. The average Bonchev–Trinajstić information content (AvgIpc) is 3.16. The second-order valence-electron chi connectivity index (χ2n) is 7.09. The SMILES string of the molecule is COC(=O)C1CN(C(C)=O)CN1C(=O)C(C(C)C)N(C(=O)OC)c1ccccc1. The van der Waals surface area contributed by atoms with Gasteiger partial charge in [0.1, 0.15) is 12.1 Å². The lowest BCUT2D eigenvalue weighted by Crippen LogP contribution is -2.56. The third-order valence-corrected chi connectivity index (χ3v) is 4.86. The van der Waals surface area contributed by atoms with E-state index in [1.165, 1.54) is 35.8 Å². The van der Waals surface area contributed by atoms with Gasteiger partial charge in [0.2, 0.25) is 11.8 Å². The summed E-state index contributed by atoms with van der Waals surface area (Å²) < 4.78 is 9.75. The molecule has 0 spiro atoms. The highest BCUT2D eigenvalue weighted by molar-refractivity contribution is 5.99. The lowest BCUT2D eigenvalue weighted by atomic mass is 9.99. The van der Waals surface area contributed by atoms with Crippen molar-refractivity contribution < 1.29 is 28.7 Å². The number of esters is 1. The molecule has 0 aliphatic carbocycles. The molecule has 1 heterocycles. The van der Waals surface area contributed by atoms with Gasteiger partial charge >= 0.3 is 12.1 Å². The predicted molar refractivity (Wildman–Crippen MR) is 105 cm³/mol. The van der Waals surface area contributed by atoms with Gasteiger partial charge in [-0.25, -0.2) is 9.59 Å². The van der Waals surface area contributed by atoms with Crippen LogP contribution in [0.2, 0.25) is 0 Å². The van der Waals surface area contributed by atoms with E-state index in [1.54, 1.807) is 44.2 Å². The number of benzene rings is 1. The van der Waals surface area contributed by atoms with Crippen LogP contribution >= 0.6 is 0 Å². The van der Waals surface area contributed by atoms with Crippen LogP contribution in [0.1, 0.15) is 20.8 Å². The minimum atomic E-state index is -0.941. The van der Waals surface area contributed by atoms with E-state index < -0.39 is 30.1 Å². The van der Waals surface area contributed by atoms with Gasteiger partial charge in [-0.1, -0.05) is 32.0 Å². The van der Waals surface area contributed by atoms with Crippen LogP contribution in [0.3, 0.4) is 0 Å². The van der Waals surface area contributed by atoms with Crippen molar-refractivity contribution in [3.8, 4) is 0 Å². The zero-order chi connectivity index (χ0) is 21.7. The van der Waals surface area contributed by atoms with Gasteiger partial charge in [-0.2, -0.15) is 0 Å². The van der Waals surface area contributed by atoms with Gasteiger partial charge in [0, 0.05) is 12.6 Å². The van der Waals surface area contributed by atoms with E-state index in [2.05, 4.69) is 0 Å². The molecule has 158 valence electrons.